The largest absolute Gasteiger partial charge is 0.496 e. The molecule has 2 N–H and O–H groups in total. The molecule has 1 aromatic rings. The van der Waals surface area contributed by atoms with E-state index < -0.39 is 0 Å². The van der Waals surface area contributed by atoms with Crippen LogP contribution in [0.2, 0.25) is 0 Å². The molecule has 84 valence electrons. The zero-order chi connectivity index (χ0) is 11.1. The first-order valence-corrected chi connectivity index (χ1v) is 5.26. The van der Waals surface area contributed by atoms with Crippen molar-refractivity contribution in [3.63, 3.8) is 0 Å². The van der Waals surface area contributed by atoms with Crippen LogP contribution >= 0.6 is 0 Å². The van der Waals surface area contributed by atoms with E-state index in [1.807, 2.05) is 13.1 Å². The summed E-state index contributed by atoms with van der Waals surface area (Å²) in [5.74, 6) is 0.979. The summed E-state index contributed by atoms with van der Waals surface area (Å²) in [5.41, 5.74) is 2.54. The van der Waals surface area contributed by atoms with Gasteiger partial charge in [0.2, 0.25) is 0 Å². The van der Waals surface area contributed by atoms with Gasteiger partial charge in [-0.25, -0.2) is 0 Å². The van der Waals surface area contributed by atoms with Crippen LogP contribution in [0.25, 0.3) is 0 Å². The molecule has 3 nitrogen and oxygen atoms in total. The van der Waals surface area contributed by atoms with E-state index in [0.717, 1.165) is 25.4 Å². The van der Waals surface area contributed by atoms with Crippen LogP contribution in [0.3, 0.4) is 0 Å². The van der Waals surface area contributed by atoms with Gasteiger partial charge in [0, 0.05) is 13.2 Å². The molecule has 0 saturated heterocycles. The van der Waals surface area contributed by atoms with Gasteiger partial charge in [-0.1, -0.05) is 17.7 Å². The van der Waals surface area contributed by atoms with Crippen LogP contribution < -0.4 is 15.4 Å². The molecular weight excluding hydrogens is 188 g/mol. The van der Waals surface area contributed by atoms with E-state index in [-0.39, 0.29) is 0 Å². The molecule has 0 spiro atoms. The summed E-state index contributed by atoms with van der Waals surface area (Å²) in [5, 5.41) is 6.34. The Morgan fingerprint density at radius 2 is 2.13 bits per heavy atom. The molecule has 0 saturated carbocycles. The smallest absolute Gasteiger partial charge is 0.122 e. The van der Waals surface area contributed by atoms with E-state index in [1.54, 1.807) is 7.11 Å². The third-order valence-corrected chi connectivity index (χ3v) is 2.31. The first kappa shape index (κ1) is 12.0. The summed E-state index contributed by atoms with van der Waals surface area (Å²) in [6, 6.07) is 6.28. The van der Waals surface area contributed by atoms with E-state index >= 15 is 0 Å². The van der Waals surface area contributed by atoms with Gasteiger partial charge in [-0.15, -0.1) is 0 Å². The predicted molar refractivity (Wildman–Crippen MR) is 63.4 cm³/mol. The number of nitrogens with one attached hydrogen (secondary N) is 2. The summed E-state index contributed by atoms with van der Waals surface area (Å²) in [7, 11) is 3.65. The van der Waals surface area contributed by atoms with E-state index in [9.17, 15) is 0 Å². The average molecular weight is 208 g/mol. The van der Waals surface area contributed by atoms with Crippen molar-refractivity contribution in [3.05, 3.63) is 29.3 Å². The molecule has 0 aliphatic heterocycles. The second-order valence-electron chi connectivity index (χ2n) is 3.60. The van der Waals surface area contributed by atoms with Gasteiger partial charge in [0.1, 0.15) is 5.75 Å². The highest BCUT2D eigenvalue weighted by Crippen LogP contribution is 2.19. The fourth-order valence-corrected chi connectivity index (χ4v) is 1.54. The summed E-state index contributed by atoms with van der Waals surface area (Å²) in [6.07, 6.45) is 0.993. The number of rotatable bonds is 6. The summed E-state index contributed by atoms with van der Waals surface area (Å²) < 4.78 is 5.31. The number of hydrogen-bond donors (Lipinski definition) is 2. The van der Waals surface area contributed by atoms with Gasteiger partial charge in [-0.3, -0.25) is 0 Å². The van der Waals surface area contributed by atoms with E-state index in [1.165, 1.54) is 11.1 Å². The molecule has 0 radical (unpaired) electrons. The zero-order valence-electron chi connectivity index (χ0n) is 9.76. The third-order valence-electron chi connectivity index (χ3n) is 2.31. The fourth-order valence-electron chi connectivity index (χ4n) is 1.54. The lowest BCUT2D eigenvalue weighted by molar-refractivity contribution is 0.409. The van der Waals surface area contributed by atoms with Crippen LogP contribution in [0, 0.1) is 6.92 Å². The Bertz CT molecular complexity index is 300. The molecule has 0 unspecified atom stereocenters. The minimum absolute atomic E-state index is 0.841. The van der Waals surface area contributed by atoms with Gasteiger partial charge in [0.05, 0.1) is 7.11 Å². The molecule has 0 aliphatic rings. The monoisotopic (exact) mass is 208 g/mol. The Morgan fingerprint density at radius 1 is 1.33 bits per heavy atom. The number of hydrogen-bond acceptors (Lipinski definition) is 3. The minimum atomic E-state index is 0.841. The van der Waals surface area contributed by atoms with Crippen molar-refractivity contribution in [2.75, 3.05) is 27.4 Å². The fraction of sp³-hybridized carbons (Fsp3) is 0.500. The second-order valence-corrected chi connectivity index (χ2v) is 3.60. The normalized spacial score (nSPS) is 10.3. The van der Waals surface area contributed by atoms with Gasteiger partial charge in [0.25, 0.3) is 0 Å². The Hall–Kier alpha value is -1.06. The van der Waals surface area contributed by atoms with Crippen LogP contribution in [-0.4, -0.2) is 27.4 Å². The van der Waals surface area contributed by atoms with Crippen molar-refractivity contribution in [1.82, 2.24) is 10.6 Å². The molecular formula is C12H20N2O. The SMILES string of the molecule is CNCNCCc1cc(C)ccc1OC. The number of ether oxygens (including phenoxy) is 1. The van der Waals surface area contributed by atoms with Crippen molar-refractivity contribution in [1.29, 1.82) is 0 Å². The molecule has 3 heteroatoms. The van der Waals surface area contributed by atoms with Crippen molar-refractivity contribution in [2.45, 2.75) is 13.3 Å². The Labute approximate surface area is 91.8 Å². The highest BCUT2D eigenvalue weighted by Gasteiger charge is 2.02. The first-order chi connectivity index (χ1) is 7.27. The lowest BCUT2D eigenvalue weighted by Crippen LogP contribution is -2.27. The first-order valence-electron chi connectivity index (χ1n) is 5.26. The quantitative estimate of drug-likeness (QED) is 0.546. The Balaban J connectivity index is 2.54. The zero-order valence-corrected chi connectivity index (χ0v) is 9.76. The van der Waals surface area contributed by atoms with Crippen LogP contribution in [0.15, 0.2) is 18.2 Å². The lowest BCUT2D eigenvalue weighted by atomic mass is 10.1. The molecule has 1 rings (SSSR count). The van der Waals surface area contributed by atoms with Gasteiger partial charge in [0.15, 0.2) is 0 Å². The molecule has 0 heterocycles. The maximum atomic E-state index is 5.31. The maximum absolute atomic E-state index is 5.31. The number of methoxy groups -OCH3 is 1. The molecule has 0 atom stereocenters. The van der Waals surface area contributed by atoms with E-state index in [0.29, 0.717) is 0 Å². The third kappa shape index (κ3) is 3.90. The number of aryl methyl sites for hydroxylation is 1. The maximum Gasteiger partial charge on any atom is 0.122 e. The van der Waals surface area contributed by atoms with Crippen LogP contribution in [0.1, 0.15) is 11.1 Å². The van der Waals surface area contributed by atoms with Crippen molar-refractivity contribution in [2.24, 2.45) is 0 Å². The Kier molecular flexibility index (Phi) is 5.15. The van der Waals surface area contributed by atoms with Gasteiger partial charge >= 0.3 is 0 Å². The minimum Gasteiger partial charge on any atom is -0.496 e. The molecule has 0 bridgehead atoms. The average Bonchev–Trinajstić information content (AvgIpc) is 2.25. The van der Waals surface area contributed by atoms with Crippen LogP contribution in [0.5, 0.6) is 5.75 Å². The summed E-state index contributed by atoms with van der Waals surface area (Å²) in [4.78, 5) is 0. The summed E-state index contributed by atoms with van der Waals surface area (Å²) in [6.45, 7) is 3.90. The van der Waals surface area contributed by atoms with Crippen LogP contribution in [0.4, 0.5) is 0 Å². The molecule has 0 fully saturated rings. The van der Waals surface area contributed by atoms with Crippen molar-refractivity contribution in [3.8, 4) is 5.75 Å². The topological polar surface area (TPSA) is 33.3 Å². The van der Waals surface area contributed by atoms with Crippen molar-refractivity contribution < 1.29 is 4.74 Å². The van der Waals surface area contributed by atoms with E-state index in [2.05, 4.69) is 29.7 Å². The molecule has 0 aromatic heterocycles. The highest BCUT2D eigenvalue weighted by molar-refractivity contribution is 5.37. The lowest BCUT2D eigenvalue weighted by Gasteiger charge is -2.10. The van der Waals surface area contributed by atoms with E-state index in [4.69, 9.17) is 4.74 Å². The standard InChI is InChI=1S/C12H20N2O/c1-10-4-5-12(15-3)11(8-10)6-7-14-9-13-2/h4-5,8,13-14H,6-7,9H2,1-3H3. The Morgan fingerprint density at radius 3 is 2.80 bits per heavy atom. The second kappa shape index (κ2) is 6.43. The molecule has 1 aromatic carbocycles. The van der Waals surface area contributed by atoms with Gasteiger partial charge < -0.3 is 15.4 Å². The highest BCUT2D eigenvalue weighted by atomic mass is 16.5. The van der Waals surface area contributed by atoms with Crippen LogP contribution in [-0.2, 0) is 6.42 Å². The molecule has 0 aliphatic carbocycles. The summed E-state index contributed by atoms with van der Waals surface area (Å²) >= 11 is 0. The number of benzene rings is 1. The predicted octanol–water partition coefficient (Wildman–Crippen LogP) is 1.31. The molecule has 15 heavy (non-hydrogen) atoms. The van der Waals surface area contributed by atoms with Gasteiger partial charge in [-0.05, 0) is 32.0 Å². The van der Waals surface area contributed by atoms with Crippen molar-refractivity contribution >= 4 is 0 Å². The molecule has 0 amide bonds. The van der Waals surface area contributed by atoms with Gasteiger partial charge in [-0.2, -0.15) is 0 Å².